The zero-order valence-electron chi connectivity index (χ0n) is 48.5. The molecular formula is C61H69ClF12N6O8. The molecule has 5 aliphatic rings. The first-order chi connectivity index (χ1) is 41.3. The lowest BCUT2D eigenvalue weighted by molar-refractivity contribution is -0.145. The summed E-state index contributed by atoms with van der Waals surface area (Å²) in [5.74, 6) is -0.249. The van der Waals surface area contributed by atoms with Gasteiger partial charge in [-0.1, -0.05) is 60.7 Å². The fourth-order valence-electron chi connectivity index (χ4n) is 12.2. The summed E-state index contributed by atoms with van der Waals surface area (Å²) >= 11 is 5.73. The van der Waals surface area contributed by atoms with E-state index in [0.717, 1.165) is 26.2 Å². The van der Waals surface area contributed by atoms with Gasteiger partial charge in [0, 0.05) is 58.7 Å². The summed E-state index contributed by atoms with van der Waals surface area (Å²) in [6.07, 6.45) is -20.7. The van der Waals surface area contributed by atoms with Crippen molar-refractivity contribution in [3.63, 3.8) is 0 Å². The Balaban J connectivity index is 0.000000230. The highest BCUT2D eigenvalue weighted by atomic mass is 35.5. The molecule has 2 N–H and O–H groups in total. The Bertz CT molecular complexity index is 3020. The number of likely N-dealkylation sites (tertiary alicyclic amines) is 2. The number of alkyl halides is 13. The highest BCUT2D eigenvalue weighted by Crippen LogP contribution is 2.48. The fourth-order valence-corrected chi connectivity index (χ4v) is 12.3. The Kier molecular flexibility index (Phi) is 20.7. The number of nitrogens with one attached hydrogen (secondary N) is 2. The van der Waals surface area contributed by atoms with Gasteiger partial charge in [0.15, 0.2) is 0 Å². The molecule has 5 fully saturated rings. The van der Waals surface area contributed by atoms with Crippen LogP contribution >= 0.6 is 11.6 Å². The number of amides is 4. The van der Waals surface area contributed by atoms with Crippen molar-refractivity contribution in [3.8, 4) is 0 Å². The molecule has 5 saturated heterocycles. The summed E-state index contributed by atoms with van der Waals surface area (Å²) in [7, 11) is 2.04. The van der Waals surface area contributed by atoms with Crippen molar-refractivity contribution in [1.29, 1.82) is 0 Å². The van der Waals surface area contributed by atoms with E-state index in [9.17, 15) is 71.9 Å². The van der Waals surface area contributed by atoms with Crippen molar-refractivity contribution in [2.75, 3.05) is 85.2 Å². The third-order valence-corrected chi connectivity index (χ3v) is 17.5. The molecule has 482 valence electrons. The molecule has 4 amide bonds. The summed E-state index contributed by atoms with van der Waals surface area (Å²) in [5.41, 5.74) is -8.86. The van der Waals surface area contributed by atoms with Gasteiger partial charge in [0.25, 0.3) is 0 Å². The van der Waals surface area contributed by atoms with E-state index in [-0.39, 0.29) is 93.3 Å². The molecule has 0 radical (unpaired) electrons. The third kappa shape index (κ3) is 16.0. The van der Waals surface area contributed by atoms with Crippen LogP contribution in [0.25, 0.3) is 0 Å². The number of halogens is 13. The molecule has 0 bridgehead atoms. The summed E-state index contributed by atoms with van der Waals surface area (Å²) in [5, 5.41) is 5.99. The zero-order valence-corrected chi connectivity index (χ0v) is 49.3. The van der Waals surface area contributed by atoms with E-state index in [2.05, 4.69) is 20.4 Å². The van der Waals surface area contributed by atoms with Crippen LogP contribution in [0.5, 0.6) is 0 Å². The summed E-state index contributed by atoms with van der Waals surface area (Å²) in [6.45, 7) is 6.39. The Morgan fingerprint density at radius 3 is 1.23 bits per heavy atom. The van der Waals surface area contributed by atoms with Crippen LogP contribution in [-0.4, -0.2) is 140 Å². The van der Waals surface area contributed by atoms with Crippen LogP contribution in [0.3, 0.4) is 0 Å². The van der Waals surface area contributed by atoms with Crippen molar-refractivity contribution in [1.82, 2.24) is 30.2 Å². The predicted octanol–water partition coefficient (Wildman–Crippen LogP) is 12.6. The number of rotatable bonds is 15. The van der Waals surface area contributed by atoms with Crippen molar-refractivity contribution in [2.24, 2.45) is 0 Å². The Hall–Kier alpha value is -6.35. The molecular weight excluding hydrogens is 1210 g/mol. The number of piperazine rings is 1. The first kappa shape index (κ1) is 67.6. The van der Waals surface area contributed by atoms with E-state index in [4.69, 9.17) is 30.5 Å². The minimum Gasteiger partial charge on any atom is -0.448 e. The first-order valence-electron chi connectivity index (χ1n) is 28.7. The molecule has 2 spiro atoms. The second-order valence-electron chi connectivity index (χ2n) is 23.3. The molecule has 5 heterocycles. The normalized spacial score (nSPS) is 24.6. The molecule has 4 aromatic carbocycles. The van der Waals surface area contributed by atoms with Crippen molar-refractivity contribution in [2.45, 2.75) is 124 Å². The molecule has 0 aromatic heterocycles. The quantitative estimate of drug-likeness (QED) is 0.0872. The van der Waals surface area contributed by atoms with Crippen LogP contribution in [0, 0.1) is 0 Å². The molecule has 0 saturated carbocycles. The highest BCUT2D eigenvalue weighted by molar-refractivity contribution is 6.18. The Labute approximate surface area is 506 Å². The molecule has 88 heavy (non-hydrogen) atoms. The standard InChI is InChI=1S/C33H40F6N4O4.C28H29ClF6N2O4/c1-23(24-18-26(32(34,35)36)20-27(19-24)33(37,38)39)47-22-31(25-6-4-3-5-7-25)11-10-30(9-8-28(44)40-30)21-43(31)29(45)46-17-16-42-14-12-41(2)13-15-42;1-18(19-13-21(27(30,31)32)15-22(14-19)28(33,34)35)41-17-26(20-5-3-2-4-6-20)10-9-25(8-7-23(38)36-25)16-37(26)24(39)40-12-11-29/h3-7,18-20,23H,8-17,21-22H2,1-2H3,(H,40,44);2-6,13-15,18H,7-12,16-17H2,1H3,(H,36,38)/t23-,30-,31-;18-,25-,26-/m11/s1. The van der Waals surface area contributed by atoms with E-state index in [0.29, 0.717) is 80.5 Å². The summed E-state index contributed by atoms with van der Waals surface area (Å²) in [6, 6.07) is 20.4. The number of benzene rings is 4. The zero-order chi connectivity index (χ0) is 64.1. The van der Waals surface area contributed by atoms with Gasteiger partial charge < -0.3 is 34.5 Å². The van der Waals surface area contributed by atoms with Crippen LogP contribution in [-0.2, 0) is 64.3 Å². The smallest absolute Gasteiger partial charge is 0.416 e. The van der Waals surface area contributed by atoms with Gasteiger partial charge in [-0.15, -0.1) is 11.6 Å². The van der Waals surface area contributed by atoms with Gasteiger partial charge in [0.1, 0.15) is 13.2 Å². The Morgan fingerprint density at radius 2 is 0.898 bits per heavy atom. The molecule has 0 unspecified atom stereocenters. The largest absolute Gasteiger partial charge is 0.448 e. The predicted molar refractivity (Wildman–Crippen MR) is 297 cm³/mol. The van der Waals surface area contributed by atoms with E-state index in [1.807, 2.05) is 7.05 Å². The number of likely N-dealkylation sites (N-methyl/N-ethyl adjacent to an activating group) is 1. The first-order valence-corrected chi connectivity index (χ1v) is 29.2. The lowest BCUT2D eigenvalue weighted by Gasteiger charge is -2.52. The van der Waals surface area contributed by atoms with Gasteiger partial charge in [0.05, 0.1) is 75.7 Å². The van der Waals surface area contributed by atoms with Crippen molar-refractivity contribution >= 4 is 35.6 Å². The minimum atomic E-state index is -5.01. The van der Waals surface area contributed by atoms with Gasteiger partial charge in [-0.3, -0.25) is 24.3 Å². The van der Waals surface area contributed by atoms with Gasteiger partial charge in [-0.25, -0.2) is 9.59 Å². The number of ether oxygens (including phenoxy) is 4. The van der Waals surface area contributed by atoms with Crippen molar-refractivity contribution < 1.29 is 90.8 Å². The van der Waals surface area contributed by atoms with Gasteiger partial charge in [-0.05, 0) is 118 Å². The van der Waals surface area contributed by atoms with Crippen LogP contribution in [0.1, 0.15) is 122 Å². The maximum Gasteiger partial charge on any atom is 0.416 e. The van der Waals surface area contributed by atoms with E-state index in [1.165, 1.54) is 23.6 Å². The highest BCUT2D eigenvalue weighted by Gasteiger charge is 2.56. The third-order valence-electron chi connectivity index (χ3n) is 17.4. The number of carbonyl (C=O) groups is 4. The van der Waals surface area contributed by atoms with Crippen LogP contribution in [0.15, 0.2) is 97.1 Å². The van der Waals surface area contributed by atoms with E-state index >= 15 is 0 Å². The maximum atomic E-state index is 14.0. The molecule has 5 aliphatic heterocycles. The van der Waals surface area contributed by atoms with Crippen LogP contribution < -0.4 is 10.6 Å². The number of hydrogen-bond acceptors (Lipinski definition) is 10. The molecule has 6 atom stereocenters. The number of hydrogen-bond donors (Lipinski definition) is 2. The Morgan fingerprint density at radius 1 is 0.534 bits per heavy atom. The average molecular weight is 1280 g/mol. The SMILES string of the molecule is C[C@@H](OC[C@@]1(c2ccccc2)CC[C@]2(CCC(=O)N2)CN1C(=O)OCCCl)c1cc(C(F)(F)F)cc(C(F)(F)F)c1.C[C@@H](OC[C@@]1(c2ccccc2)CC[C@]2(CCC(=O)N2)CN1C(=O)OCCN1CCN(C)CC1)c1cc(C(F)(F)F)cc(C(F)(F)F)c1. The lowest BCUT2D eigenvalue weighted by atomic mass is 9.74. The molecule has 0 aliphatic carbocycles. The van der Waals surface area contributed by atoms with Crippen LogP contribution in [0.4, 0.5) is 62.3 Å². The van der Waals surface area contributed by atoms with Gasteiger partial charge >= 0.3 is 36.9 Å². The van der Waals surface area contributed by atoms with Crippen molar-refractivity contribution in [3.05, 3.63) is 142 Å². The molecule has 14 nitrogen and oxygen atoms in total. The van der Waals surface area contributed by atoms with E-state index in [1.54, 1.807) is 60.7 Å². The second kappa shape index (κ2) is 27.0. The number of carbonyl (C=O) groups excluding carboxylic acids is 4. The topological polar surface area (TPSA) is 142 Å². The number of nitrogens with zero attached hydrogens (tertiary/aromatic N) is 4. The monoisotopic (exact) mass is 1280 g/mol. The lowest BCUT2D eigenvalue weighted by Crippen LogP contribution is -2.65. The maximum absolute atomic E-state index is 14.0. The van der Waals surface area contributed by atoms with E-state index < -0.39 is 93.5 Å². The fraction of sp³-hybridized carbons (Fsp3) is 0.541. The second-order valence-corrected chi connectivity index (χ2v) is 23.7. The molecule has 27 heteroatoms. The molecule has 9 rings (SSSR count). The molecule has 4 aromatic rings. The number of piperidine rings is 2. The van der Waals surface area contributed by atoms with Crippen LogP contribution in [0.2, 0.25) is 0 Å². The van der Waals surface area contributed by atoms with Gasteiger partial charge in [0.2, 0.25) is 11.8 Å². The summed E-state index contributed by atoms with van der Waals surface area (Å²) < 4.78 is 186. The van der Waals surface area contributed by atoms with Gasteiger partial charge in [-0.2, -0.15) is 52.7 Å². The average Bonchev–Trinajstić information content (AvgIpc) is 1.26. The minimum absolute atomic E-state index is 0.0322. The summed E-state index contributed by atoms with van der Waals surface area (Å²) in [4.78, 5) is 59.2.